The molecule has 0 unspecified atom stereocenters. The third kappa shape index (κ3) is 5.54. The second kappa shape index (κ2) is 13.6. The van der Waals surface area contributed by atoms with Gasteiger partial charge in [0.2, 0.25) is 0 Å². The minimum absolute atomic E-state index is 0.0198. The summed E-state index contributed by atoms with van der Waals surface area (Å²) in [5, 5.41) is 5.15. The molecule has 63 heavy (non-hydrogen) atoms. The summed E-state index contributed by atoms with van der Waals surface area (Å²) in [6.45, 7) is 14.1. The van der Waals surface area contributed by atoms with Crippen LogP contribution in [-0.4, -0.2) is 0 Å². The van der Waals surface area contributed by atoms with Gasteiger partial charge in [0.25, 0.3) is 0 Å². The fourth-order valence-electron chi connectivity index (χ4n) is 10.9. The molecule has 12 rings (SSSR count). The van der Waals surface area contributed by atoms with E-state index in [1.807, 2.05) is 11.3 Å². The molecule has 2 aliphatic rings. The number of hydrogen-bond donors (Lipinski definition) is 0. The van der Waals surface area contributed by atoms with Gasteiger partial charge in [-0.25, -0.2) is 0 Å². The fraction of sp³-hybridized carbons (Fsp3) is 0.148. The Balaban J connectivity index is 1.22. The number of nitrogens with zero attached hydrogens (tertiary/aromatic N) is 1. The maximum Gasteiger partial charge on any atom is 0.0726 e. The summed E-state index contributed by atoms with van der Waals surface area (Å²) in [5.74, 6) is 0. The van der Waals surface area contributed by atoms with Crippen LogP contribution in [0.1, 0.15) is 74.9 Å². The van der Waals surface area contributed by atoms with Gasteiger partial charge in [0.1, 0.15) is 0 Å². The highest BCUT2D eigenvalue weighted by Crippen LogP contribution is 2.64. The van der Waals surface area contributed by atoms with Crippen LogP contribution in [0.25, 0.3) is 64.3 Å². The molecule has 2 heteroatoms. The summed E-state index contributed by atoms with van der Waals surface area (Å²) < 4.78 is 2.59. The van der Waals surface area contributed by atoms with E-state index >= 15 is 0 Å². The lowest BCUT2D eigenvalue weighted by molar-refractivity contribution is 0.586. The van der Waals surface area contributed by atoms with Crippen molar-refractivity contribution in [1.82, 2.24) is 0 Å². The van der Waals surface area contributed by atoms with E-state index < -0.39 is 5.41 Å². The second-order valence-corrected chi connectivity index (χ2v) is 20.7. The fourth-order valence-corrected chi connectivity index (χ4v) is 12.1. The molecule has 9 aromatic carbocycles. The summed E-state index contributed by atoms with van der Waals surface area (Å²) in [6.07, 6.45) is 0. The normalized spacial score (nSPS) is 13.7. The molecule has 1 heterocycles. The molecule has 0 atom stereocenters. The molecule has 0 amide bonds. The lowest BCUT2D eigenvalue weighted by atomic mass is 9.68. The Labute approximate surface area is 374 Å². The van der Waals surface area contributed by atoms with E-state index in [1.54, 1.807) is 0 Å². The van der Waals surface area contributed by atoms with Crippen molar-refractivity contribution in [2.24, 2.45) is 0 Å². The average molecular weight is 828 g/mol. The lowest BCUT2D eigenvalue weighted by Crippen LogP contribution is -2.27. The Morgan fingerprint density at radius 1 is 0.413 bits per heavy atom. The van der Waals surface area contributed by atoms with Crippen LogP contribution in [0.15, 0.2) is 188 Å². The molecule has 0 saturated carbocycles. The number of anilines is 3. The van der Waals surface area contributed by atoms with E-state index in [9.17, 15) is 0 Å². The molecule has 1 aromatic heterocycles. The van der Waals surface area contributed by atoms with Crippen molar-refractivity contribution < 1.29 is 0 Å². The molecule has 1 spiro atoms. The third-order valence-corrected chi connectivity index (χ3v) is 15.2. The van der Waals surface area contributed by atoms with Gasteiger partial charge in [-0.15, -0.1) is 11.3 Å². The van der Waals surface area contributed by atoms with Crippen molar-refractivity contribution in [3.05, 3.63) is 221 Å². The predicted octanol–water partition coefficient (Wildman–Crippen LogP) is 17.3. The molecule has 1 nitrogen and oxygen atoms in total. The first-order valence-corrected chi connectivity index (χ1v) is 23.2. The molecular formula is C61H49NS. The van der Waals surface area contributed by atoms with E-state index in [1.165, 1.54) is 103 Å². The first-order chi connectivity index (χ1) is 30.5. The van der Waals surface area contributed by atoms with Crippen LogP contribution in [0.5, 0.6) is 0 Å². The zero-order valence-electron chi connectivity index (χ0n) is 36.8. The van der Waals surface area contributed by atoms with Gasteiger partial charge in [-0.1, -0.05) is 199 Å². The second-order valence-electron chi connectivity index (χ2n) is 19.7. The maximum atomic E-state index is 2.58. The highest BCUT2D eigenvalue weighted by atomic mass is 32.1. The SMILES string of the molecule is CC(C)(C)c1ccc2c(c1)C1(c3ccccc3-c3ccc(N(c4ccccc4-c4ccccc4)c4cc5ccccc5c5c4sc4ccccc45)cc31)c1cc(C(C)(C)C)ccc1-2. The zero-order chi connectivity index (χ0) is 42.8. The summed E-state index contributed by atoms with van der Waals surface area (Å²) in [6, 6.07) is 71.5. The van der Waals surface area contributed by atoms with Crippen molar-refractivity contribution in [3.8, 4) is 33.4 Å². The molecule has 2 aliphatic carbocycles. The Morgan fingerprint density at radius 2 is 0.952 bits per heavy atom. The topological polar surface area (TPSA) is 3.24 Å². The molecule has 0 bridgehead atoms. The van der Waals surface area contributed by atoms with Crippen LogP contribution in [0.4, 0.5) is 17.1 Å². The van der Waals surface area contributed by atoms with Gasteiger partial charge < -0.3 is 4.90 Å². The Morgan fingerprint density at radius 3 is 1.65 bits per heavy atom. The van der Waals surface area contributed by atoms with Gasteiger partial charge in [-0.2, -0.15) is 0 Å². The monoisotopic (exact) mass is 827 g/mol. The number of fused-ring (bicyclic) bond motifs is 15. The number of hydrogen-bond acceptors (Lipinski definition) is 2. The van der Waals surface area contributed by atoms with E-state index in [0.717, 1.165) is 11.4 Å². The molecule has 10 aromatic rings. The minimum atomic E-state index is -0.518. The Hall–Kier alpha value is -6.74. The minimum Gasteiger partial charge on any atom is -0.308 e. The largest absolute Gasteiger partial charge is 0.308 e. The smallest absolute Gasteiger partial charge is 0.0726 e. The van der Waals surface area contributed by atoms with Crippen LogP contribution in [0.3, 0.4) is 0 Å². The number of benzene rings is 9. The van der Waals surface area contributed by atoms with Gasteiger partial charge in [0.05, 0.1) is 21.5 Å². The van der Waals surface area contributed by atoms with E-state index in [0.29, 0.717) is 0 Å². The molecule has 0 radical (unpaired) electrons. The molecule has 0 saturated heterocycles. The molecule has 304 valence electrons. The van der Waals surface area contributed by atoms with Gasteiger partial charge in [0, 0.05) is 26.7 Å². The van der Waals surface area contributed by atoms with Crippen molar-refractivity contribution in [1.29, 1.82) is 0 Å². The summed E-state index contributed by atoms with van der Waals surface area (Å²) in [4.78, 5) is 2.58. The van der Waals surface area contributed by atoms with Crippen molar-refractivity contribution in [2.75, 3.05) is 4.90 Å². The van der Waals surface area contributed by atoms with Crippen LogP contribution in [0.2, 0.25) is 0 Å². The van der Waals surface area contributed by atoms with Gasteiger partial charge in [-0.05, 0) is 113 Å². The first kappa shape index (κ1) is 38.0. The zero-order valence-corrected chi connectivity index (χ0v) is 37.6. The number of para-hydroxylation sites is 1. The standard InChI is InChI=1S/C61H49NS/c1-59(2,3)40-28-31-46-47-32-29-41(60(4,5)6)36-52(47)61(51(46)35-40)50-25-15-12-23-45(50)48-33-30-42(37-53(48)61)62(54-26-16-13-21-43(54)38-18-8-7-9-19-38)55-34-39-20-10-11-22-44(39)57-49-24-14-17-27-56(49)63-58(55)57/h7-37H,1-6H3. The predicted molar refractivity (Wildman–Crippen MR) is 271 cm³/mol. The van der Waals surface area contributed by atoms with E-state index in [2.05, 4.69) is 234 Å². The third-order valence-electron chi connectivity index (χ3n) is 14.0. The van der Waals surface area contributed by atoms with Gasteiger partial charge >= 0.3 is 0 Å². The average Bonchev–Trinajstić information content (AvgIpc) is 3.93. The van der Waals surface area contributed by atoms with E-state index in [-0.39, 0.29) is 10.8 Å². The summed E-state index contributed by atoms with van der Waals surface area (Å²) >= 11 is 1.90. The molecule has 0 fully saturated rings. The number of rotatable bonds is 4. The van der Waals surface area contributed by atoms with Gasteiger partial charge in [-0.3, -0.25) is 0 Å². The summed E-state index contributed by atoms with van der Waals surface area (Å²) in [5.41, 5.74) is 18.8. The first-order valence-electron chi connectivity index (χ1n) is 22.3. The van der Waals surface area contributed by atoms with Crippen molar-refractivity contribution in [2.45, 2.75) is 57.8 Å². The van der Waals surface area contributed by atoms with E-state index in [4.69, 9.17) is 0 Å². The summed E-state index contributed by atoms with van der Waals surface area (Å²) in [7, 11) is 0. The molecule has 0 N–H and O–H groups in total. The quantitative estimate of drug-likeness (QED) is 0.171. The van der Waals surface area contributed by atoms with Crippen molar-refractivity contribution in [3.63, 3.8) is 0 Å². The van der Waals surface area contributed by atoms with Crippen LogP contribution in [-0.2, 0) is 16.2 Å². The lowest BCUT2D eigenvalue weighted by Gasteiger charge is -2.34. The van der Waals surface area contributed by atoms with Crippen molar-refractivity contribution >= 4 is 59.3 Å². The van der Waals surface area contributed by atoms with Gasteiger partial charge in [0.15, 0.2) is 0 Å². The number of thiophene rings is 1. The highest BCUT2D eigenvalue weighted by Gasteiger charge is 2.52. The van der Waals surface area contributed by atoms with Crippen LogP contribution < -0.4 is 4.90 Å². The van der Waals surface area contributed by atoms with Crippen LogP contribution in [0, 0.1) is 0 Å². The molecule has 0 aliphatic heterocycles. The van der Waals surface area contributed by atoms with Crippen LogP contribution >= 0.6 is 11.3 Å². The highest BCUT2D eigenvalue weighted by molar-refractivity contribution is 7.26. The molecular weight excluding hydrogens is 779 g/mol. The Kier molecular flexibility index (Phi) is 8.22. The Bertz CT molecular complexity index is 3420. The maximum absolute atomic E-state index is 2.58.